The van der Waals surface area contributed by atoms with Crippen molar-refractivity contribution in [3.63, 3.8) is 0 Å². The van der Waals surface area contributed by atoms with E-state index in [1.54, 1.807) is 13.8 Å². The lowest BCUT2D eigenvalue weighted by Gasteiger charge is -2.05. The molecule has 1 aliphatic carbocycles. The molecule has 3 rings (SSSR count). The van der Waals surface area contributed by atoms with E-state index < -0.39 is 0 Å². The molecule has 0 radical (unpaired) electrons. The van der Waals surface area contributed by atoms with Crippen molar-refractivity contribution in [1.29, 1.82) is 0 Å². The molecule has 0 aliphatic heterocycles. The van der Waals surface area contributed by atoms with Crippen LogP contribution in [0.25, 0.3) is 0 Å². The van der Waals surface area contributed by atoms with Crippen molar-refractivity contribution in [3.05, 3.63) is 71.3 Å². The molecule has 0 unspecified atom stereocenters. The third-order valence-electron chi connectivity index (χ3n) is 4.82. The fourth-order valence-corrected chi connectivity index (χ4v) is 2.92. The Labute approximate surface area is 214 Å². The van der Waals surface area contributed by atoms with Crippen molar-refractivity contribution in [2.45, 2.75) is 93.9 Å². The summed E-state index contributed by atoms with van der Waals surface area (Å²) in [5.41, 5.74) is 4.06. The minimum atomic E-state index is -0.211. The molecule has 0 N–H and O–H groups in total. The standard InChI is InChI=1S/C8H10.C7H8.C6H10O.C6H12O.C4H8O2/c1-7-5-3-4-6-8(7)2;1-7-5-3-2-4-6-7;7-6-4-2-1-3-5-6;1-5(2)4-6(3)7;1-3-6-4(2)5/h3-6H,1-2H3;2-6H,1H3;1-5H2;5H,4H2,1-3H3;3H2,1-2H3. The molecule has 0 saturated heterocycles. The van der Waals surface area contributed by atoms with E-state index in [2.05, 4.69) is 61.9 Å². The summed E-state index contributed by atoms with van der Waals surface area (Å²) in [7, 11) is 0. The molecule has 0 aromatic heterocycles. The average molecular weight is 485 g/mol. The van der Waals surface area contributed by atoms with Crippen molar-refractivity contribution in [1.82, 2.24) is 0 Å². The number of ether oxygens (including phenoxy) is 1. The van der Waals surface area contributed by atoms with Gasteiger partial charge < -0.3 is 9.53 Å². The van der Waals surface area contributed by atoms with Gasteiger partial charge in [0.25, 0.3) is 0 Å². The molecule has 0 amide bonds. The number of ketones is 2. The molecule has 1 aliphatic rings. The predicted molar refractivity (Wildman–Crippen MR) is 148 cm³/mol. The van der Waals surface area contributed by atoms with Crippen molar-refractivity contribution >= 4 is 17.5 Å². The normalized spacial score (nSPS) is 11.6. The number of rotatable bonds is 3. The number of carbonyl (C=O) groups is 3. The van der Waals surface area contributed by atoms with Gasteiger partial charge >= 0.3 is 5.97 Å². The largest absolute Gasteiger partial charge is 0.466 e. The minimum Gasteiger partial charge on any atom is -0.466 e. The highest BCUT2D eigenvalue weighted by atomic mass is 16.5. The Morgan fingerprint density at radius 1 is 0.800 bits per heavy atom. The molecule has 1 saturated carbocycles. The number of hydrogen-bond acceptors (Lipinski definition) is 4. The first-order valence-corrected chi connectivity index (χ1v) is 12.7. The van der Waals surface area contributed by atoms with E-state index in [4.69, 9.17) is 0 Å². The maximum atomic E-state index is 10.5. The lowest BCUT2D eigenvalue weighted by atomic mass is 10.00. The van der Waals surface area contributed by atoms with Crippen LogP contribution in [0.2, 0.25) is 0 Å². The molecule has 196 valence electrons. The summed E-state index contributed by atoms with van der Waals surface area (Å²) in [6.45, 7) is 15.7. The second-order valence-corrected chi connectivity index (χ2v) is 9.06. The monoisotopic (exact) mass is 484 g/mol. The van der Waals surface area contributed by atoms with Crippen LogP contribution in [0.15, 0.2) is 54.6 Å². The maximum Gasteiger partial charge on any atom is 0.302 e. The molecule has 1 fully saturated rings. The zero-order chi connectivity index (χ0) is 27.1. The van der Waals surface area contributed by atoms with Crippen LogP contribution in [0.5, 0.6) is 0 Å². The third kappa shape index (κ3) is 27.4. The van der Waals surface area contributed by atoms with Crippen LogP contribution in [-0.2, 0) is 19.1 Å². The molecule has 2 aromatic rings. The SMILES string of the molecule is CC(=O)CC(C)C.CCOC(C)=O.Cc1ccccc1.Cc1ccccc1C.O=C1CCCCC1. The van der Waals surface area contributed by atoms with Gasteiger partial charge in [-0.15, -0.1) is 0 Å². The van der Waals surface area contributed by atoms with Crippen LogP contribution in [0.3, 0.4) is 0 Å². The van der Waals surface area contributed by atoms with E-state index in [0.29, 0.717) is 18.3 Å². The van der Waals surface area contributed by atoms with Crippen LogP contribution in [0.1, 0.15) is 89.8 Å². The zero-order valence-corrected chi connectivity index (χ0v) is 23.4. The van der Waals surface area contributed by atoms with Gasteiger partial charge in [-0.2, -0.15) is 0 Å². The highest BCUT2D eigenvalue weighted by Gasteiger charge is 2.06. The highest BCUT2D eigenvalue weighted by Crippen LogP contribution is 2.12. The highest BCUT2D eigenvalue weighted by molar-refractivity contribution is 5.78. The molecule has 0 bridgehead atoms. The van der Waals surface area contributed by atoms with Gasteiger partial charge in [-0.1, -0.05) is 80.4 Å². The Kier molecular flexibility index (Phi) is 22.6. The molecule has 0 atom stereocenters. The summed E-state index contributed by atoms with van der Waals surface area (Å²) in [5.74, 6) is 1.07. The molecule has 4 nitrogen and oxygen atoms in total. The summed E-state index contributed by atoms with van der Waals surface area (Å²) in [4.78, 5) is 30.5. The molecule has 35 heavy (non-hydrogen) atoms. The maximum absolute atomic E-state index is 10.5. The summed E-state index contributed by atoms with van der Waals surface area (Å²) >= 11 is 0. The second kappa shape index (κ2) is 23.0. The molecular formula is C31H48O4. The Hall–Kier alpha value is -2.75. The first kappa shape index (κ1) is 34.4. The van der Waals surface area contributed by atoms with E-state index in [-0.39, 0.29) is 11.8 Å². The molecule has 2 aromatic carbocycles. The van der Waals surface area contributed by atoms with Gasteiger partial charge in [0.05, 0.1) is 6.61 Å². The second-order valence-electron chi connectivity index (χ2n) is 9.06. The minimum absolute atomic E-state index is 0.211. The van der Waals surface area contributed by atoms with Gasteiger partial charge in [0.2, 0.25) is 0 Å². The Balaban J connectivity index is 0. The Bertz CT molecular complexity index is 781. The molecular weight excluding hydrogens is 436 g/mol. The fourth-order valence-electron chi connectivity index (χ4n) is 2.92. The topological polar surface area (TPSA) is 60.4 Å². The number of esters is 1. The predicted octanol–water partition coefficient (Wildman–Crippen LogP) is 8.01. The lowest BCUT2D eigenvalue weighted by molar-refractivity contribution is -0.140. The first-order chi connectivity index (χ1) is 16.5. The van der Waals surface area contributed by atoms with E-state index in [0.717, 1.165) is 32.1 Å². The van der Waals surface area contributed by atoms with Gasteiger partial charge in [0.15, 0.2) is 0 Å². The van der Waals surface area contributed by atoms with Crippen molar-refractivity contribution in [2.75, 3.05) is 6.61 Å². The number of carbonyl (C=O) groups excluding carboxylic acids is 3. The van der Waals surface area contributed by atoms with Crippen LogP contribution in [0, 0.1) is 26.7 Å². The summed E-state index contributed by atoms with van der Waals surface area (Å²) in [5, 5.41) is 0. The summed E-state index contributed by atoms with van der Waals surface area (Å²) in [6, 6.07) is 18.6. The van der Waals surface area contributed by atoms with E-state index in [1.807, 2.05) is 32.0 Å². The quantitative estimate of drug-likeness (QED) is 0.414. The number of aryl methyl sites for hydroxylation is 3. The van der Waals surface area contributed by atoms with E-state index in [9.17, 15) is 14.4 Å². The van der Waals surface area contributed by atoms with Gasteiger partial charge in [0.1, 0.15) is 11.6 Å². The Morgan fingerprint density at radius 3 is 1.43 bits per heavy atom. The van der Waals surface area contributed by atoms with E-state index in [1.165, 1.54) is 30.0 Å². The Morgan fingerprint density at radius 2 is 1.26 bits per heavy atom. The first-order valence-electron chi connectivity index (χ1n) is 12.7. The average Bonchev–Trinajstić information content (AvgIpc) is 2.78. The van der Waals surface area contributed by atoms with Crippen molar-refractivity contribution in [2.24, 2.45) is 5.92 Å². The molecule has 0 spiro atoms. The molecule has 0 heterocycles. The van der Waals surface area contributed by atoms with Crippen molar-refractivity contribution in [3.8, 4) is 0 Å². The summed E-state index contributed by atoms with van der Waals surface area (Å²) in [6.07, 6.45) is 5.96. The zero-order valence-electron chi connectivity index (χ0n) is 23.4. The smallest absolute Gasteiger partial charge is 0.302 e. The van der Waals surface area contributed by atoms with Crippen LogP contribution < -0.4 is 0 Å². The van der Waals surface area contributed by atoms with Crippen LogP contribution in [0.4, 0.5) is 0 Å². The van der Waals surface area contributed by atoms with Crippen LogP contribution in [-0.4, -0.2) is 24.1 Å². The van der Waals surface area contributed by atoms with Crippen molar-refractivity contribution < 1.29 is 19.1 Å². The lowest BCUT2D eigenvalue weighted by Crippen LogP contribution is -2.02. The number of benzene rings is 2. The van der Waals surface area contributed by atoms with Gasteiger partial charge in [-0.05, 0) is 64.5 Å². The van der Waals surface area contributed by atoms with Gasteiger partial charge in [-0.25, -0.2) is 0 Å². The molecule has 4 heteroatoms. The van der Waals surface area contributed by atoms with E-state index >= 15 is 0 Å². The van der Waals surface area contributed by atoms with Crippen LogP contribution >= 0.6 is 0 Å². The third-order valence-corrected chi connectivity index (χ3v) is 4.82. The number of Topliss-reactive ketones (excluding diaryl/α,β-unsaturated/α-hetero) is 2. The van der Waals surface area contributed by atoms with Gasteiger partial charge in [0, 0.05) is 26.2 Å². The fraction of sp³-hybridized carbons (Fsp3) is 0.516. The number of hydrogen-bond donors (Lipinski definition) is 0. The van der Waals surface area contributed by atoms with Gasteiger partial charge in [-0.3, -0.25) is 9.59 Å². The summed E-state index contributed by atoms with van der Waals surface area (Å²) < 4.78 is 4.40.